The minimum atomic E-state index is -0.579. The Kier molecular flexibility index (Phi) is 8.21. The Morgan fingerprint density at radius 3 is 2.18 bits per heavy atom. The van der Waals surface area contributed by atoms with E-state index >= 15 is 0 Å². The van der Waals surface area contributed by atoms with E-state index in [2.05, 4.69) is 10.5 Å². The molecule has 0 saturated carbocycles. The molecule has 168 valence electrons. The first-order chi connectivity index (χ1) is 16.0. The Bertz CT molecular complexity index is 1170. The SMILES string of the molecule is COc1ccc(/C=C/C(=O)Oc2ccc(Cl)cc2/C=N/NC(=O)c2ccc(OC)cc2)cc1. The number of hydrogen-bond acceptors (Lipinski definition) is 6. The van der Waals surface area contributed by atoms with Crippen LogP contribution in [0.1, 0.15) is 21.5 Å². The highest BCUT2D eigenvalue weighted by Crippen LogP contribution is 2.22. The largest absolute Gasteiger partial charge is 0.497 e. The Balaban J connectivity index is 1.65. The van der Waals surface area contributed by atoms with Crippen LogP contribution >= 0.6 is 11.6 Å². The molecule has 0 unspecified atom stereocenters. The van der Waals surface area contributed by atoms with E-state index in [4.69, 9.17) is 25.8 Å². The minimum Gasteiger partial charge on any atom is -0.497 e. The number of nitrogens with one attached hydrogen (secondary N) is 1. The molecule has 1 amide bonds. The van der Waals surface area contributed by atoms with Gasteiger partial charge in [-0.25, -0.2) is 10.2 Å². The monoisotopic (exact) mass is 464 g/mol. The predicted molar refractivity (Wildman–Crippen MR) is 127 cm³/mol. The van der Waals surface area contributed by atoms with Gasteiger partial charge in [-0.1, -0.05) is 23.7 Å². The van der Waals surface area contributed by atoms with Crippen molar-refractivity contribution in [2.75, 3.05) is 14.2 Å². The minimum absolute atomic E-state index is 0.242. The Labute approximate surface area is 196 Å². The number of methoxy groups -OCH3 is 2. The summed E-state index contributed by atoms with van der Waals surface area (Å²) in [6.45, 7) is 0. The fourth-order valence-corrected chi connectivity index (χ4v) is 2.88. The van der Waals surface area contributed by atoms with Crippen molar-refractivity contribution in [1.29, 1.82) is 0 Å². The van der Waals surface area contributed by atoms with Gasteiger partial charge in [0.15, 0.2) is 0 Å². The molecular weight excluding hydrogens is 444 g/mol. The van der Waals surface area contributed by atoms with Crippen molar-refractivity contribution < 1.29 is 23.8 Å². The van der Waals surface area contributed by atoms with Crippen molar-refractivity contribution in [3.63, 3.8) is 0 Å². The molecule has 0 aliphatic heterocycles. The number of carbonyl (C=O) groups is 2. The van der Waals surface area contributed by atoms with E-state index < -0.39 is 11.9 Å². The molecule has 0 saturated heterocycles. The molecule has 7 nitrogen and oxygen atoms in total. The molecule has 0 aliphatic rings. The molecule has 1 N–H and O–H groups in total. The van der Waals surface area contributed by atoms with Crippen molar-refractivity contribution in [3.05, 3.63) is 94.5 Å². The molecule has 0 spiro atoms. The van der Waals surface area contributed by atoms with E-state index in [1.54, 1.807) is 74.9 Å². The standard InChI is InChI=1S/C25H21ClN2O5/c1-31-21-9-3-17(4-10-21)5-14-24(29)33-23-13-8-20(26)15-19(23)16-27-28-25(30)18-6-11-22(32-2)12-7-18/h3-16H,1-2H3,(H,28,30)/b14-5+,27-16+. The average molecular weight is 465 g/mol. The third-order valence-corrected chi connectivity index (χ3v) is 4.67. The van der Waals surface area contributed by atoms with Gasteiger partial charge in [-0.05, 0) is 66.2 Å². The van der Waals surface area contributed by atoms with Gasteiger partial charge >= 0.3 is 5.97 Å². The van der Waals surface area contributed by atoms with Crippen LogP contribution < -0.4 is 19.6 Å². The summed E-state index contributed by atoms with van der Waals surface area (Å²) in [7, 11) is 3.13. The predicted octanol–water partition coefficient (Wildman–Crippen LogP) is 4.74. The first kappa shape index (κ1) is 23.6. The molecule has 0 atom stereocenters. The highest BCUT2D eigenvalue weighted by atomic mass is 35.5. The molecule has 0 fully saturated rings. The number of halogens is 1. The maximum absolute atomic E-state index is 12.3. The summed E-state index contributed by atoms with van der Waals surface area (Å²) >= 11 is 6.06. The fraction of sp³-hybridized carbons (Fsp3) is 0.0800. The van der Waals surface area contributed by atoms with Gasteiger partial charge in [-0.2, -0.15) is 5.10 Å². The van der Waals surface area contributed by atoms with Crippen molar-refractivity contribution in [2.45, 2.75) is 0 Å². The van der Waals surface area contributed by atoms with Crippen LogP contribution in [0.25, 0.3) is 6.08 Å². The first-order valence-electron chi connectivity index (χ1n) is 9.79. The molecule has 33 heavy (non-hydrogen) atoms. The van der Waals surface area contributed by atoms with Crippen molar-refractivity contribution in [2.24, 2.45) is 5.10 Å². The van der Waals surface area contributed by atoms with E-state index in [0.29, 0.717) is 21.9 Å². The zero-order chi connectivity index (χ0) is 23.6. The number of nitrogens with zero attached hydrogens (tertiary/aromatic N) is 1. The summed E-state index contributed by atoms with van der Waals surface area (Å²) in [5, 5.41) is 4.37. The van der Waals surface area contributed by atoms with Crippen LogP contribution in [0.2, 0.25) is 5.02 Å². The lowest BCUT2D eigenvalue weighted by molar-refractivity contribution is -0.128. The Hall–Kier alpha value is -4.10. The quantitative estimate of drug-likeness (QED) is 0.171. The van der Waals surface area contributed by atoms with Crippen LogP contribution in [0, 0.1) is 0 Å². The van der Waals surface area contributed by atoms with Crippen LogP contribution in [0.15, 0.2) is 77.9 Å². The number of carbonyl (C=O) groups excluding carboxylic acids is 2. The van der Waals surface area contributed by atoms with Gasteiger partial charge in [0, 0.05) is 22.2 Å². The first-order valence-corrected chi connectivity index (χ1v) is 10.2. The van der Waals surface area contributed by atoms with Gasteiger partial charge in [-0.3, -0.25) is 4.79 Å². The van der Waals surface area contributed by atoms with Crippen LogP contribution in [0.3, 0.4) is 0 Å². The van der Waals surface area contributed by atoms with E-state index in [-0.39, 0.29) is 5.75 Å². The fourth-order valence-electron chi connectivity index (χ4n) is 2.70. The normalized spacial score (nSPS) is 10.9. The summed E-state index contributed by atoms with van der Waals surface area (Å²) in [6.07, 6.45) is 4.28. The number of hydrogen-bond donors (Lipinski definition) is 1. The van der Waals surface area contributed by atoms with Gasteiger partial charge in [0.2, 0.25) is 0 Å². The van der Waals surface area contributed by atoms with Crippen LogP contribution in [-0.2, 0) is 4.79 Å². The van der Waals surface area contributed by atoms with Gasteiger partial charge in [-0.15, -0.1) is 0 Å². The summed E-state index contributed by atoms with van der Waals surface area (Å²) < 4.78 is 15.6. The van der Waals surface area contributed by atoms with Crippen molar-refractivity contribution in [1.82, 2.24) is 5.43 Å². The number of benzene rings is 3. The summed E-state index contributed by atoms with van der Waals surface area (Å²) in [6, 6.07) is 18.5. The molecule has 0 aromatic heterocycles. The molecule has 0 heterocycles. The molecule has 8 heteroatoms. The van der Waals surface area contributed by atoms with Gasteiger partial charge in [0.25, 0.3) is 5.91 Å². The van der Waals surface area contributed by atoms with Gasteiger partial charge in [0.1, 0.15) is 17.2 Å². The number of hydrazone groups is 1. The zero-order valence-electron chi connectivity index (χ0n) is 17.9. The number of esters is 1. The lowest BCUT2D eigenvalue weighted by Crippen LogP contribution is -2.17. The van der Waals surface area contributed by atoms with Crippen molar-refractivity contribution >= 4 is 35.8 Å². The molecule has 3 rings (SSSR count). The second kappa shape index (κ2) is 11.5. The topological polar surface area (TPSA) is 86.2 Å². The van der Waals surface area contributed by atoms with E-state index in [0.717, 1.165) is 11.3 Å². The number of amides is 1. The van der Waals surface area contributed by atoms with Gasteiger partial charge in [0.05, 0.1) is 20.4 Å². The highest BCUT2D eigenvalue weighted by Gasteiger charge is 2.08. The lowest BCUT2D eigenvalue weighted by Gasteiger charge is -2.06. The smallest absolute Gasteiger partial charge is 0.336 e. The average Bonchev–Trinajstić information content (AvgIpc) is 2.84. The summed E-state index contributed by atoms with van der Waals surface area (Å²) in [5.41, 5.74) is 4.07. The summed E-state index contributed by atoms with van der Waals surface area (Å²) in [5.74, 6) is 0.619. The van der Waals surface area contributed by atoms with Crippen LogP contribution in [0.5, 0.6) is 17.2 Å². The third-order valence-electron chi connectivity index (χ3n) is 4.43. The van der Waals surface area contributed by atoms with Crippen LogP contribution in [0.4, 0.5) is 0 Å². The number of rotatable bonds is 8. The maximum Gasteiger partial charge on any atom is 0.336 e. The second-order valence-corrected chi connectivity index (χ2v) is 7.07. The molecule has 0 aliphatic carbocycles. The molecule has 0 bridgehead atoms. The van der Waals surface area contributed by atoms with Crippen molar-refractivity contribution in [3.8, 4) is 17.2 Å². The molecule has 3 aromatic rings. The summed E-state index contributed by atoms with van der Waals surface area (Å²) in [4.78, 5) is 24.5. The van der Waals surface area contributed by atoms with E-state index in [1.807, 2.05) is 12.1 Å². The molecular formula is C25H21ClN2O5. The highest BCUT2D eigenvalue weighted by molar-refractivity contribution is 6.31. The zero-order valence-corrected chi connectivity index (χ0v) is 18.7. The van der Waals surface area contributed by atoms with Gasteiger partial charge < -0.3 is 14.2 Å². The second-order valence-electron chi connectivity index (χ2n) is 6.64. The molecule has 0 radical (unpaired) electrons. The van der Waals surface area contributed by atoms with E-state index in [9.17, 15) is 9.59 Å². The Morgan fingerprint density at radius 1 is 0.909 bits per heavy atom. The number of ether oxygens (including phenoxy) is 3. The van der Waals surface area contributed by atoms with E-state index in [1.165, 1.54) is 12.3 Å². The maximum atomic E-state index is 12.3. The Morgan fingerprint density at radius 2 is 1.55 bits per heavy atom. The third kappa shape index (κ3) is 6.95. The van der Waals surface area contributed by atoms with Crippen LogP contribution in [-0.4, -0.2) is 32.3 Å². The molecule has 3 aromatic carbocycles. The lowest BCUT2D eigenvalue weighted by atomic mass is 10.2.